The van der Waals surface area contributed by atoms with Crippen molar-refractivity contribution in [1.82, 2.24) is 0 Å². The molecule has 0 bridgehead atoms. The highest BCUT2D eigenvalue weighted by Crippen LogP contribution is 2.10. The van der Waals surface area contributed by atoms with Crippen LogP contribution in [-0.2, 0) is 22.4 Å². The Morgan fingerprint density at radius 1 is 1.12 bits per heavy atom. The van der Waals surface area contributed by atoms with Crippen LogP contribution >= 0.6 is 15.9 Å². The molecule has 0 saturated carbocycles. The predicted molar refractivity (Wildman–Crippen MR) is 73.5 cm³/mol. The first kappa shape index (κ1) is 14.2. The van der Waals surface area contributed by atoms with Gasteiger partial charge in [-0.3, -0.25) is 4.79 Å². The van der Waals surface area contributed by atoms with Gasteiger partial charge in [-0.15, -0.1) is 0 Å². The number of aryl methyl sites for hydroxylation is 2. The van der Waals surface area contributed by atoms with Gasteiger partial charge in [0.1, 0.15) is 0 Å². The Labute approximate surface area is 111 Å². The smallest absolute Gasteiger partial charge is 0.305 e. The van der Waals surface area contributed by atoms with Crippen molar-refractivity contribution in [3.63, 3.8) is 0 Å². The van der Waals surface area contributed by atoms with Crippen LogP contribution in [0.1, 0.15) is 30.4 Å². The lowest BCUT2D eigenvalue weighted by atomic mass is 10.0. The van der Waals surface area contributed by atoms with Crippen LogP contribution in [0.2, 0.25) is 0 Å². The minimum Gasteiger partial charge on any atom is -0.469 e. The summed E-state index contributed by atoms with van der Waals surface area (Å²) in [6.07, 6.45) is 4.58. The van der Waals surface area contributed by atoms with E-state index in [2.05, 4.69) is 44.9 Å². The van der Waals surface area contributed by atoms with E-state index in [9.17, 15) is 4.79 Å². The average Bonchev–Trinajstić information content (AvgIpc) is 2.37. The average molecular weight is 299 g/mol. The molecular formula is C14H19BrO2. The van der Waals surface area contributed by atoms with Crippen molar-refractivity contribution in [1.29, 1.82) is 0 Å². The number of benzene rings is 1. The molecule has 0 aliphatic rings. The molecule has 94 valence electrons. The molecule has 0 aliphatic carbocycles. The Morgan fingerprint density at radius 3 is 2.12 bits per heavy atom. The molecule has 0 atom stereocenters. The van der Waals surface area contributed by atoms with Gasteiger partial charge in [-0.2, -0.15) is 0 Å². The first-order chi connectivity index (χ1) is 8.26. The van der Waals surface area contributed by atoms with Crippen molar-refractivity contribution in [2.24, 2.45) is 0 Å². The summed E-state index contributed by atoms with van der Waals surface area (Å²) in [7, 11) is 1.43. The summed E-state index contributed by atoms with van der Waals surface area (Å²) in [4.78, 5) is 10.9. The van der Waals surface area contributed by atoms with E-state index in [0.29, 0.717) is 6.42 Å². The molecule has 0 radical (unpaired) electrons. The molecule has 1 rings (SSSR count). The number of methoxy groups -OCH3 is 1. The van der Waals surface area contributed by atoms with E-state index in [1.54, 1.807) is 0 Å². The Hall–Kier alpha value is -0.830. The summed E-state index contributed by atoms with van der Waals surface area (Å²) < 4.78 is 4.61. The van der Waals surface area contributed by atoms with E-state index in [0.717, 1.165) is 24.6 Å². The van der Waals surface area contributed by atoms with Crippen molar-refractivity contribution in [2.75, 3.05) is 12.4 Å². The van der Waals surface area contributed by atoms with Gasteiger partial charge in [-0.1, -0.05) is 40.2 Å². The van der Waals surface area contributed by atoms with Crippen LogP contribution in [0.5, 0.6) is 0 Å². The van der Waals surface area contributed by atoms with E-state index in [1.807, 2.05) is 0 Å². The molecule has 3 heteroatoms. The van der Waals surface area contributed by atoms with Gasteiger partial charge in [0, 0.05) is 11.8 Å². The fraction of sp³-hybridized carbons (Fsp3) is 0.500. The van der Waals surface area contributed by atoms with Crippen LogP contribution in [-0.4, -0.2) is 18.4 Å². The predicted octanol–water partition coefficient (Wildman–Crippen LogP) is 3.51. The second-order valence-corrected chi connectivity index (χ2v) is 4.83. The summed E-state index contributed by atoms with van der Waals surface area (Å²) in [5, 5.41) is 1.05. The molecule has 17 heavy (non-hydrogen) atoms. The van der Waals surface area contributed by atoms with E-state index >= 15 is 0 Å². The maximum absolute atomic E-state index is 10.9. The standard InChI is InChI=1S/C14H19BrO2/c1-17-14(16)6-2-4-12-7-9-13(10-8-12)5-3-11-15/h7-10H,2-6,11H2,1H3. The zero-order valence-electron chi connectivity index (χ0n) is 10.2. The first-order valence-electron chi connectivity index (χ1n) is 5.97. The van der Waals surface area contributed by atoms with E-state index in [-0.39, 0.29) is 5.97 Å². The highest BCUT2D eigenvalue weighted by molar-refractivity contribution is 9.09. The molecule has 2 nitrogen and oxygen atoms in total. The largest absolute Gasteiger partial charge is 0.469 e. The molecule has 0 heterocycles. The maximum atomic E-state index is 10.9. The zero-order chi connectivity index (χ0) is 12.5. The van der Waals surface area contributed by atoms with Crippen molar-refractivity contribution in [2.45, 2.75) is 32.1 Å². The van der Waals surface area contributed by atoms with E-state index in [1.165, 1.54) is 24.7 Å². The van der Waals surface area contributed by atoms with Crippen LogP contribution in [0.15, 0.2) is 24.3 Å². The quantitative estimate of drug-likeness (QED) is 0.569. The molecule has 0 N–H and O–H groups in total. The molecule has 0 fully saturated rings. The number of hydrogen-bond donors (Lipinski definition) is 0. The van der Waals surface area contributed by atoms with Crippen LogP contribution in [0.3, 0.4) is 0 Å². The van der Waals surface area contributed by atoms with Crippen molar-refractivity contribution >= 4 is 21.9 Å². The summed E-state index contributed by atoms with van der Waals surface area (Å²) in [6.45, 7) is 0. The maximum Gasteiger partial charge on any atom is 0.305 e. The second kappa shape index (κ2) is 8.29. The summed E-state index contributed by atoms with van der Waals surface area (Å²) in [5.74, 6) is -0.126. The lowest BCUT2D eigenvalue weighted by Crippen LogP contribution is -2.00. The number of halogens is 1. The number of esters is 1. The van der Waals surface area contributed by atoms with Crippen LogP contribution in [0.4, 0.5) is 0 Å². The topological polar surface area (TPSA) is 26.3 Å². The minimum absolute atomic E-state index is 0.126. The van der Waals surface area contributed by atoms with Gasteiger partial charge in [-0.05, 0) is 36.8 Å². The lowest BCUT2D eigenvalue weighted by Gasteiger charge is -2.03. The molecule has 0 spiro atoms. The van der Waals surface area contributed by atoms with Gasteiger partial charge < -0.3 is 4.74 Å². The first-order valence-corrected chi connectivity index (χ1v) is 7.09. The number of hydrogen-bond acceptors (Lipinski definition) is 2. The van der Waals surface area contributed by atoms with Gasteiger partial charge >= 0.3 is 5.97 Å². The highest BCUT2D eigenvalue weighted by atomic mass is 79.9. The molecule has 0 saturated heterocycles. The van der Waals surface area contributed by atoms with Gasteiger partial charge in [-0.25, -0.2) is 0 Å². The Bertz CT molecular complexity index is 333. The Balaban J connectivity index is 2.32. The second-order valence-electron chi connectivity index (χ2n) is 4.04. The third-order valence-corrected chi connectivity index (χ3v) is 3.26. The molecular weight excluding hydrogens is 280 g/mol. The third-order valence-electron chi connectivity index (χ3n) is 2.70. The van der Waals surface area contributed by atoms with Crippen molar-refractivity contribution in [3.8, 4) is 0 Å². The summed E-state index contributed by atoms with van der Waals surface area (Å²) in [5.41, 5.74) is 2.66. The lowest BCUT2D eigenvalue weighted by molar-refractivity contribution is -0.140. The van der Waals surface area contributed by atoms with Crippen LogP contribution in [0, 0.1) is 0 Å². The molecule has 0 unspecified atom stereocenters. The normalized spacial score (nSPS) is 10.2. The fourth-order valence-electron chi connectivity index (χ4n) is 1.68. The summed E-state index contributed by atoms with van der Waals surface area (Å²) in [6, 6.07) is 8.66. The Morgan fingerprint density at radius 2 is 1.65 bits per heavy atom. The van der Waals surface area contributed by atoms with Gasteiger partial charge in [0.15, 0.2) is 0 Å². The zero-order valence-corrected chi connectivity index (χ0v) is 11.8. The van der Waals surface area contributed by atoms with E-state index < -0.39 is 0 Å². The molecule has 1 aromatic carbocycles. The SMILES string of the molecule is COC(=O)CCCc1ccc(CCCBr)cc1. The van der Waals surface area contributed by atoms with Crippen LogP contribution < -0.4 is 0 Å². The monoisotopic (exact) mass is 298 g/mol. The molecule has 0 aliphatic heterocycles. The van der Waals surface area contributed by atoms with Crippen molar-refractivity contribution < 1.29 is 9.53 Å². The number of carbonyl (C=O) groups excluding carboxylic acids is 1. The minimum atomic E-state index is -0.126. The van der Waals surface area contributed by atoms with Crippen molar-refractivity contribution in [3.05, 3.63) is 35.4 Å². The molecule has 0 amide bonds. The highest BCUT2D eigenvalue weighted by Gasteiger charge is 2.00. The van der Waals surface area contributed by atoms with Gasteiger partial charge in [0.25, 0.3) is 0 Å². The molecule has 1 aromatic rings. The fourth-order valence-corrected chi connectivity index (χ4v) is 1.96. The number of carbonyl (C=O) groups is 1. The van der Waals surface area contributed by atoms with Gasteiger partial charge in [0.05, 0.1) is 7.11 Å². The summed E-state index contributed by atoms with van der Waals surface area (Å²) >= 11 is 3.43. The number of alkyl halides is 1. The third kappa shape index (κ3) is 5.87. The van der Waals surface area contributed by atoms with E-state index in [4.69, 9.17) is 0 Å². The number of ether oxygens (including phenoxy) is 1. The Kier molecular flexibility index (Phi) is 6.94. The molecule has 0 aromatic heterocycles. The van der Waals surface area contributed by atoms with Crippen LogP contribution in [0.25, 0.3) is 0 Å². The number of rotatable bonds is 7. The van der Waals surface area contributed by atoms with Gasteiger partial charge in [0.2, 0.25) is 0 Å².